The monoisotopic (exact) mass is 458 g/mol. The van der Waals surface area contributed by atoms with Crippen LogP contribution in [0.5, 0.6) is 0 Å². The Balaban J connectivity index is 1.46. The van der Waals surface area contributed by atoms with Crippen LogP contribution in [0.15, 0.2) is 42.5 Å². The molecule has 1 saturated heterocycles. The number of aryl methyl sites for hydroxylation is 2. The van der Waals surface area contributed by atoms with Crippen LogP contribution in [0, 0.1) is 26.6 Å². The molecule has 5 rings (SSSR count). The molecule has 1 aliphatic rings. The molecule has 0 atom stereocenters. The van der Waals surface area contributed by atoms with Gasteiger partial charge >= 0.3 is 0 Å². The largest absolute Gasteiger partial charge is 0.368 e. The molecule has 1 aliphatic heterocycles. The second-order valence-electron chi connectivity index (χ2n) is 9.09. The topological polar surface area (TPSA) is 49.6 Å². The molecule has 0 N–H and O–H groups in total. The zero-order valence-electron chi connectivity index (χ0n) is 20.3. The maximum atomic E-state index is 13.7. The number of fused-ring (bicyclic) bond motifs is 1. The van der Waals surface area contributed by atoms with Gasteiger partial charge in [-0.2, -0.15) is 9.50 Å². The highest BCUT2D eigenvalue weighted by Crippen LogP contribution is 2.28. The summed E-state index contributed by atoms with van der Waals surface area (Å²) < 4.78 is 15.6. The average Bonchev–Trinajstić information content (AvgIpc) is 3.21. The lowest BCUT2D eigenvalue weighted by atomic mass is 10.1. The van der Waals surface area contributed by atoms with Crippen LogP contribution in [0.25, 0.3) is 5.78 Å². The molecule has 0 bridgehead atoms. The van der Waals surface area contributed by atoms with Gasteiger partial charge in [-0.25, -0.2) is 9.37 Å². The van der Waals surface area contributed by atoms with Gasteiger partial charge in [0.15, 0.2) is 5.82 Å². The molecule has 0 saturated carbocycles. The number of benzene rings is 2. The third-order valence-electron chi connectivity index (χ3n) is 6.91. The van der Waals surface area contributed by atoms with E-state index in [2.05, 4.69) is 55.7 Å². The Morgan fingerprint density at radius 1 is 0.912 bits per heavy atom. The molecule has 176 valence electrons. The van der Waals surface area contributed by atoms with E-state index in [-0.39, 0.29) is 5.82 Å². The van der Waals surface area contributed by atoms with Crippen molar-refractivity contribution in [3.8, 4) is 0 Å². The second-order valence-corrected chi connectivity index (χ2v) is 9.09. The Bertz CT molecular complexity index is 1340. The molecule has 0 amide bonds. The van der Waals surface area contributed by atoms with E-state index in [9.17, 15) is 4.39 Å². The van der Waals surface area contributed by atoms with Crippen molar-refractivity contribution in [2.45, 2.75) is 40.5 Å². The van der Waals surface area contributed by atoms with Crippen molar-refractivity contribution in [2.75, 3.05) is 36.0 Å². The van der Waals surface area contributed by atoms with E-state index in [1.165, 1.54) is 34.5 Å². The highest BCUT2D eigenvalue weighted by Gasteiger charge is 2.25. The third kappa shape index (κ3) is 4.11. The van der Waals surface area contributed by atoms with E-state index in [1.54, 1.807) is 6.07 Å². The van der Waals surface area contributed by atoms with Crippen molar-refractivity contribution >= 4 is 17.3 Å². The molecule has 0 aliphatic carbocycles. The molecule has 0 radical (unpaired) electrons. The molecule has 0 spiro atoms. The lowest BCUT2D eigenvalue weighted by Gasteiger charge is -2.38. The summed E-state index contributed by atoms with van der Waals surface area (Å²) in [6.45, 7) is 12.3. The van der Waals surface area contributed by atoms with Crippen molar-refractivity contribution < 1.29 is 4.39 Å². The van der Waals surface area contributed by atoms with Crippen molar-refractivity contribution in [3.05, 3.63) is 82.1 Å². The van der Waals surface area contributed by atoms with E-state index in [1.807, 2.05) is 10.6 Å². The standard InChI is InChI=1S/C27H31FN6/c1-5-23-20(4)29-27-30-25(17-21-9-7-10-22(28)16-21)31-34(27)26(23)33-14-12-32(13-15-33)24-11-6-8-18(2)19(24)3/h6-11,16H,5,12-15,17H2,1-4H3. The first kappa shape index (κ1) is 22.3. The van der Waals surface area contributed by atoms with Crippen LogP contribution in [-0.2, 0) is 12.8 Å². The quantitative estimate of drug-likeness (QED) is 0.435. The van der Waals surface area contributed by atoms with Crippen LogP contribution in [0.2, 0.25) is 0 Å². The number of halogens is 1. The number of anilines is 2. The lowest BCUT2D eigenvalue weighted by molar-refractivity contribution is 0.625. The van der Waals surface area contributed by atoms with Crippen LogP contribution in [0.3, 0.4) is 0 Å². The maximum Gasteiger partial charge on any atom is 0.254 e. The summed E-state index contributed by atoms with van der Waals surface area (Å²) in [5.74, 6) is 2.10. The van der Waals surface area contributed by atoms with Crippen molar-refractivity contribution in [3.63, 3.8) is 0 Å². The average molecular weight is 459 g/mol. The fourth-order valence-corrected chi connectivity index (χ4v) is 4.95. The predicted octanol–water partition coefficient (Wildman–Crippen LogP) is 4.67. The number of hydrogen-bond donors (Lipinski definition) is 0. The van der Waals surface area contributed by atoms with Gasteiger partial charge in [-0.05, 0) is 62.1 Å². The second kappa shape index (κ2) is 9.05. The Hall–Kier alpha value is -3.48. The van der Waals surface area contributed by atoms with Gasteiger partial charge in [-0.1, -0.05) is 31.2 Å². The van der Waals surface area contributed by atoms with Gasteiger partial charge in [-0.15, -0.1) is 5.10 Å². The molecule has 2 aromatic carbocycles. The van der Waals surface area contributed by atoms with E-state index >= 15 is 0 Å². The highest BCUT2D eigenvalue weighted by atomic mass is 19.1. The summed E-state index contributed by atoms with van der Waals surface area (Å²) >= 11 is 0. The Kier molecular flexibility index (Phi) is 5.94. The summed E-state index contributed by atoms with van der Waals surface area (Å²) in [7, 11) is 0. The van der Waals surface area contributed by atoms with Gasteiger partial charge in [0.05, 0.1) is 0 Å². The van der Waals surface area contributed by atoms with Crippen LogP contribution in [0.1, 0.15) is 40.7 Å². The van der Waals surface area contributed by atoms with Crippen molar-refractivity contribution in [2.24, 2.45) is 0 Å². The van der Waals surface area contributed by atoms with Crippen LogP contribution >= 0.6 is 0 Å². The zero-order valence-corrected chi connectivity index (χ0v) is 20.3. The molecule has 6 nitrogen and oxygen atoms in total. The third-order valence-corrected chi connectivity index (χ3v) is 6.91. The van der Waals surface area contributed by atoms with Crippen molar-refractivity contribution in [1.82, 2.24) is 19.6 Å². The minimum absolute atomic E-state index is 0.245. The first-order valence-corrected chi connectivity index (χ1v) is 12.0. The minimum atomic E-state index is -0.245. The normalized spacial score (nSPS) is 14.3. The zero-order chi connectivity index (χ0) is 23.8. The molecule has 7 heteroatoms. The smallest absolute Gasteiger partial charge is 0.254 e. The van der Waals surface area contributed by atoms with E-state index in [4.69, 9.17) is 15.1 Å². The van der Waals surface area contributed by atoms with Gasteiger partial charge in [0.1, 0.15) is 11.6 Å². The lowest BCUT2D eigenvalue weighted by Crippen LogP contribution is -2.47. The Labute approximate surface area is 200 Å². The van der Waals surface area contributed by atoms with Crippen molar-refractivity contribution in [1.29, 1.82) is 0 Å². The molecule has 4 aromatic rings. The van der Waals surface area contributed by atoms with Gasteiger partial charge in [0.2, 0.25) is 0 Å². The first-order chi connectivity index (χ1) is 16.4. The fraction of sp³-hybridized carbons (Fsp3) is 0.370. The minimum Gasteiger partial charge on any atom is -0.368 e. The Morgan fingerprint density at radius 3 is 2.38 bits per heavy atom. The molecule has 1 fully saturated rings. The molecule has 34 heavy (non-hydrogen) atoms. The number of nitrogens with zero attached hydrogens (tertiary/aromatic N) is 6. The van der Waals surface area contributed by atoms with E-state index in [0.29, 0.717) is 18.0 Å². The molecule has 2 aromatic heterocycles. The number of rotatable bonds is 5. The SMILES string of the molecule is CCc1c(C)nc2nc(Cc3cccc(F)c3)nn2c1N1CCN(c2cccc(C)c2C)CC1. The predicted molar refractivity (Wildman–Crippen MR) is 134 cm³/mol. The number of aromatic nitrogens is 4. The molecular weight excluding hydrogens is 427 g/mol. The summed E-state index contributed by atoms with van der Waals surface area (Å²) in [5.41, 5.74) is 7.05. The maximum absolute atomic E-state index is 13.7. The van der Waals surface area contributed by atoms with Crippen LogP contribution in [-0.4, -0.2) is 45.8 Å². The highest BCUT2D eigenvalue weighted by molar-refractivity contribution is 5.59. The summed E-state index contributed by atoms with van der Waals surface area (Å²) in [6, 6.07) is 13.2. The van der Waals surface area contributed by atoms with Gasteiger partial charge < -0.3 is 9.80 Å². The summed E-state index contributed by atoms with van der Waals surface area (Å²) in [4.78, 5) is 14.3. The Morgan fingerprint density at radius 2 is 1.65 bits per heavy atom. The van der Waals surface area contributed by atoms with Crippen LogP contribution < -0.4 is 9.80 Å². The van der Waals surface area contributed by atoms with E-state index < -0.39 is 0 Å². The molecule has 3 heterocycles. The van der Waals surface area contributed by atoms with Gasteiger partial charge in [0.25, 0.3) is 5.78 Å². The van der Waals surface area contributed by atoms with E-state index in [0.717, 1.165) is 49.7 Å². The van der Waals surface area contributed by atoms with Gasteiger partial charge in [-0.3, -0.25) is 0 Å². The molecule has 0 unspecified atom stereocenters. The summed E-state index contributed by atoms with van der Waals surface area (Å²) in [5, 5.41) is 4.83. The summed E-state index contributed by atoms with van der Waals surface area (Å²) in [6.07, 6.45) is 1.35. The first-order valence-electron chi connectivity index (χ1n) is 12.0. The fourth-order valence-electron chi connectivity index (χ4n) is 4.95. The molecular formula is C27H31FN6. The van der Waals surface area contributed by atoms with Crippen LogP contribution in [0.4, 0.5) is 15.9 Å². The number of hydrogen-bond acceptors (Lipinski definition) is 5. The number of piperazine rings is 1. The van der Waals surface area contributed by atoms with Gasteiger partial charge in [0, 0.05) is 49.5 Å².